The standard InChI is InChI=1S/C14H14Br2O2S2/c15-11-5-3-4-9-10(8-19-14(9)11)13(16)12-6-1-2-7-20(12,17)18/h3-5,8,12-13H,1-2,6-7H2. The van der Waals surface area contributed by atoms with Gasteiger partial charge in [-0.25, -0.2) is 8.42 Å². The van der Waals surface area contributed by atoms with Crippen molar-refractivity contribution in [2.75, 3.05) is 5.75 Å². The second-order valence-electron chi connectivity index (χ2n) is 5.11. The zero-order chi connectivity index (χ0) is 14.3. The quantitative estimate of drug-likeness (QED) is 0.614. The molecule has 1 saturated heterocycles. The molecular formula is C14H14Br2O2S2. The van der Waals surface area contributed by atoms with Crippen LogP contribution in [-0.4, -0.2) is 19.4 Å². The fourth-order valence-electron chi connectivity index (χ4n) is 2.76. The molecule has 2 atom stereocenters. The summed E-state index contributed by atoms with van der Waals surface area (Å²) in [4.78, 5) is -0.115. The van der Waals surface area contributed by atoms with Crippen molar-refractivity contribution in [2.24, 2.45) is 0 Å². The lowest BCUT2D eigenvalue weighted by atomic mass is 10.0. The monoisotopic (exact) mass is 436 g/mol. The van der Waals surface area contributed by atoms with Crippen LogP contribution in [0, 0.1) is 0 Å². The second-order valence-corrected chi connectivity index (χ2v) is 10.2. The summed E-state index contributed by atoms with van der Waals surface area (Å²) < 4.78 is 26.8. The number of fused-ring (bicyclic) bond motifs is 1. The number of thiophene rings is 1. The summed E-state index contributed by atoms with van der Waals surface area (Å²) in [6, 6.07) is 6.08. The third-order valence-electron chi connectivity index (χ3n) is 3.83. The van der Waals surface area contributed by atoms with E-state index in [0.717, 1.165) is 34.7 Å². The molecule has 2 nitrogen and oxygen atoms in total. The van der Waals surface area contributed by atoms with Gasteiger partial charge in [0.05, 0.1) is 15.8 Å². The van der Waals surface area contributed by atoms with E-state index in [2.05, 4.69) is 43.3 Å². The van der Waals surface area contributed by atoms with Gasteiger partial charge in [-0.1, -0.05) is 34.5 Å². The van der Waals surface area contributed by atoms with Gasteiger partial charge in [0.2, 0.25) is 0 Å². The minimum absolute atomic E-state index is 0.115. The van der Waals surface area contributed by atoms with Gasteiger partial charge < -0.3 is 0 Å². The molecule has 0 aliphatic carbocycles. The molecule has 0 amide bonds. The Bertz CT molecular complexity index is 737. The molecule has 20 heavy (non-hydrogen) atoms. The Morgan fingerprint density at radius 3 is 2.85 bits per heavy atom. The van der Waals surface area contributed by atoms with Crippen LogP contribution in [0.3, 0.4) is 0 Å². The van der Waals surface area contributed by atoms with Gasteiger partial charge in [0.1, 0.15) is 0 Å². The van der Waals surface area contributed by atoms with Crippen LogP contribution in [0.15, 0.2) is 28.1 Å². The first-order chi connectivity index (χ1) is 9.50. The molecule has 0 N–H and O–H groups in total. The Labute approximate surface area is 139 Å². The van der Waals surface area contributed by atoms with E-state index in [1.165, 1.54) is 4.70 Å². The third-order valence-corrected chi connectivity index (χ3v) is 9.57. The van der Waals surface area contributed by atoms with E-state index in [9.17, 15) is 8.42 Å². The predicted octanol–water partition coefficient (Wildman–Crippen LogP) is 5.07. The van der Waals surface area contributed by atoms with Crippen LogP contribution in [0.25, 0.3) is 10.1 Å². The van der Waals surface area contributed by atoms with Gasteiger partial charge >= 0.3 is 0 Å². The summed E-state index contributed by atoms with van der Waals surface area (Å²) in [6.45, 7) is 0. The maximum absolute atomic E-state index is 12.3. The maximum Gasteiger partial charge on any atom is 0.154 e. The fraction of sp³-hybridized carbons (Fsp3) is 0.429. The van der Waals surface area contributed by atoms with Crippen molar-refractivity contribution in [3.63, 3.8) is 0 Å². The lowest BCUT2D eigenvalue weighted by Crippen LogP contribution is -2.31. The van der Waals surface area contributed by atoms with Crippen molar-refractivity contribution < 1.29 is 8.42 Å². The van der Waals surface area contributed by atoms with Gasteiger partial charge in [0.25, 0.3) is 0 Å². The van der Waals surface area contributed by atoms with Crippen molar-refractivity contribution in [1.29, 1.82) is 0 Å². The van der Waals surface area contributed by atoms with E-state index in [1.807, 2.05) is 12.1 Å². The number of halogens is 2. The summed E-state index contributed by atoms with van der Waals surface area (Å²) in [5, 5.41) is 2.93. The number of sulfone groups is 1. The predicted molar refractivity (Wildman–Crippen MR) is 92.6 cm³/mol. The first kappa shape index (κ1) is 15.0. The van der Waals surface area contributed by atoms with Gasteiger partial charge in [-0.2, -0.15) is 0 Å². The topological polar surface area (TPSA) is 34.1 Å². The van der Waals surface area contributed by atoms with Crippen molar-refractivity contribution in [1.82, 2.24) is 0 Å². The largest absolute Gasteiger partial charge is 0.228 e. The maximum atomic E-state index is 12.3. The number of alkyl halides is 1. The SMILES string of the molecule is O=S1(=O)CCCCC1C(Br)c1csc2c(Br)cccc12. The van der Waals surface area contributed by atoms with Crippen LogP contribution in [0.4, 0.5) is 0 Å². The van der Waals surface area contributed by atoms with E-state index in [4.69, 9.17) is 0 Å². The van der Waals surface area contributed by atoms with Crippen LogP contribution >= 0.6 is 43.2 Å². The zero-order valence-electron chi connectivity index (χ0n) is 10.7. The Morgan fingerprint density at radius 1 is 1.30 bits per heavy atom. The molecule has 1 aromatic heterocycles. The molecule has 2 unspecified atom stereocenters. The summed E-state index contributed by atoms with van der Waals surface area (Å²) in [6.07, 6.45) is 2.55. The van der Waals surface area contributed by atoms with Crippen molar-refractivity contribution in [3.05, 3.63) is 33.6 Å². The van der Waals surface area contributed by atoms with E-state index < -0.39 is 9.84 Å². The Morgan fingerprint density at radius 2 is 2.10 bits per heavy atom. The first-order valence-corrected chi connectivity index (χ1v) is 10.8. The third kappa shape index (κ3) is 2.60. The van der Waals surface area contributed by atoms with Crippen molar-refractivity contribution in [3.8, 4) is 0 Å². The van der Waals surface area contributed by atoms with Gasteiger partial charge in [0.15, 0.2) is 9.84 Å². The van der Waals surface area contributed by atoms with Crippen LogP contribution < -0.4 is 0 Å². The Kier molecular flexibility index (Phi) is 4.28. The molecule has 3 rings (SSSR count). The molecule has 0 radical (unpaired) electrons. The van der Waals surface area contributed by atoms with Gasteiger partial charge in [-0.15, -0.1) is 11.3 Å². The van der Waals surface area contributed by atoms with Gasteiger partial charge in [0, 0.05) is 9.17 Å². The van der Waals surface area contributed by atoms with Crippen molar-refractivity contribution in [2.45, 2.75) is 29.3 Å². The minimum Gasteiger partial charge on any atom is -0.228 e. The minimum atomic E-state index is -2.98. The molecule has 0 saturated carbocycles. The van der Waals surface area contributed by atoms with Crippen LogP contribution in [0.1, 0.15) is 29.7 Å². The smallest absolute Gasteiger partial charge is 0.154 e. The zero-order valence-corrected chi connectivity index (χ0v) is 15.5. The highest BCUT2D eigenvalue weighted by Crippen LogP contribution is 2.43. The molecule has 6 heteroatoms. The highest BCUT2D eigenvalue weighted by atomic mass is 79.9. The molecule has 108 valence electrons. The van der Waals surface area contributed by atoms with Gasteiger partial charge in [-0.05, 0) is 51.2 Å². The summed E-state index contributed by atoms with van der Waals surface area (Å²) in [5.41, 5.74) is 1.10. The lowest BCUT2D eigenvalue weighted by Gasteiger charge is -2.26. The first-order valence-electron chi connectivity index (χ1n) is 6.52. The second kappa shape index (κ2) is 5.71. The molecule has 2 heterocycles. The van der Waals surface area contributed by atoms with Crippen LogP contribution in [0.5, 0.6) is 0 Å². The van der Waals surface area contributed by atoms with Crippen molar-refractivity contribution >= 4 is 63.1 Å². The van der Waals surface area contributed by atoms with E-state index in [1.54, 1.807) is 11.3 Å². The molecule has 1 aliphatic rings. The fourth-order valence-corrected chi connectivity index (χ4v) is 8.17. The number of rotatable bonds is 2. The molecule has 1 aromatic carbocycles. The molecular weight excluding hydrogens is 424 g/mol. The Balaban J connectivity index is 2.04. The molecule has 1 fully saturated rings. The number of hydrogen-bond acceptors (Lipinski definition) is 3. The average molecular weight is 438 g/mol. The number of benzene rings is 1. The van der Waals surface area contributed by atoms with Crippen LogP contribution in [-0.2, 0) is 9.84 Å². The highest BCUT2D eigenvalue weighted by molar-refractivity contribution is 9.10. The van der Waals surface area contributed by atoms with Crippen LogP contribution in [0.2, 0.25) is 0 Å². The van der Waals surface area contributed by atoms with E-state index in [0.29, 0.717) is 5.75 Å². The molecule has 1 aliphatic heterocycles. The lowest BCUT2D eigenvalue weighted by molar-refractivity contribution is 0.537. The number of hydrogen-bond donors (Lipinski definition) is 0. The van der Waals surface area contributed by atoms with Gasteiger partial charge in [-0.3, -0.25) is 0 Å². The highest BCUT2D eigenvalue weighted by Gasteiger charge is 2.36. The summed E-state index contributed by atoms with van der Waals surface area (Å²) >= 11 is 8.88. The average Bonchev–Trinajstić information content (AvgIpc) is 2.83. The Hall–Kier alpha value is 0.0900. The molecule has 0 spiro atoms. The summed E-state index contributed by atoms with van der Waals surface area (Å²) in [5.74, 6) is 0.325. The normalized spacial score (nSPS) is 23.8. The summed E-state index contributed by atoms with van der Waals surface area (Å²) in [7, 11) is -2.98. The molecule has 2 aromatic rings. The van der Waals surface area contributed by atoms with E-state index in [-0.39, 0.29) is 10.1 Å². The molecule has 0 bridgehead atoms. The van der Waals surface area contributed by atoms with E-state index >= 15 is 0 Å².